The van der Waals surface area contributed by atoms with Crippen molar-refractivity contribution in [2.24, 2.45) is 0 Å². The van der Waals surface area contributed by atoms with E-state index in [-0.39, 0.29) is 35.9 Å². The maximum Gasteiger partial charge on any atom is 0 e. The molecule has 0 aliphatic carbocycles. The van der Waals surface area contributed by atoms with Gasteiger partial charge >= 0.3 is 0 Å². The molecule has 0 fully saturated rings. The fourth-order valence-electron chi connectivity index (χ4n) is 0.642. The monoisotopic (exact) mass is 344 g/mol. The molecule has 0 aliphatic heterocycles. The van der Waals surface area contributed by atoms with E-state index in [1.807, 2.05) is 60.7 Å². The summed E-state index contributed by atoms with van der Waals surface area (Å²) in [5.74, 6) is 0. The summed E-state index contributed by atoms with van der Waals surface area (Å²) >= 11 is 0. The van der Waals surface area contributed by atoms with Gasteiger partial charge in [-0.15, -0.1) is 0 Å². The van der Waals surface area contributed by atoms with Gasteiger partial charge in [0.25, 0.3) is 0 Å². The van der Waals surface area contributed by atoms with Gasteiger partial charge in [-0.3, -0.25) is 0 Å². The van der Waals surface area contributed by atoms with Crippen LogP contribution in [0.15, 0.2) is 60.7 Å². The van der Waals surface area contributed by atoms with Crippen molar-refractivity contribution in [1.82, 2.24) is 0 Å². The Bertz CT molecular complexity index is 144. The van der Waals surface area contributed by atoms with Crippen LogP contribution >= 0.6 is 0 Å². The van der Waals surface area contributed by atoms with E-state index in [1.54, 1.807) is 0 Å². The van der Waals surface area contributed by atoms with Crippen LogP contribution in [0.4, 0.5) is 0 Å². The molecule has 0 spiro atoms. The maximum atomic E-state index is 2.00. The quantitative estimate of drug-likeness (QED) is 0.640. The molecule has 13 heavy (non-hydrogen) atoms. The van der Waals surface area contributed by atoms with Gasteiger partial charge in [-0.05, 0) is 0 Å². The first-order valence-electron chi connectivity index (χ1n) is 3.33. The van der Waals surface area contributed by atoms with Crippen LogP contribution in [0.25, 0.3) is 0 Å². The molecule has 0 aliphatic rings. The summed E-state index contributed by atoms with van der Waals surface area (Å²) in [5, 5.41) is 0. The minimum absolute atomic E-state index is 0. The molecular weight excluding hydrogens is 328 g/mol. The SMILES string of the molecule is [CH3-].[CH3-].[W].[cH-]1[cH-][cH-][cH-][cH-]1.c1cc[cH-]c1. The molecule has 0 nitrogen and oxygen atoms in total. The van der Waals surface area contributed by atoms with Crippen LogP contribution in [0, 0.1) is 14.9 Å². The molecule has 0 N–H and O–H groups in total. The molecule has 0 saturated carbocycles. The number of hydrogen-bond donors (Lipinski definition) is 0. The zero-order valence-electron chi connectivity index (χ0n) is 8.18. The minimum Gasteiger partial charge on any atom is -0.748 e. The van der Waals surface area contributed by atoms with Crippen LogP contribution in [-0.4, -0.2) is 0 Å². The molecule has 0 amide bonds. The van der Waals surface area contributed by atoms with E-state index in [4.69, 9.17) is 0 Å². The molecule has 0 radical (unpaired) electrons. The molecule has 2 rings (SSSR count). The topological polar surface area (TPSA) is 0 Å². The van der Waals surface area contributed by atoms with Gasteiger partial charge in [0.15, 0.2) is 0 Å². The van der Waals surface area contributed by atoms with Gasteiger partial charge in [-0.1, -0.05) is 0 Å². The third kappa shape index (κ3) is 11.4. The van der Waals surface area contributed by atoms with Crippen LogP contribution in [-0.2, 0) is 21.1 Å². The Morgan fingerprint density at radius 2 is 0.923 bits per heavy atom. The first-order chi connectivity index (χ1) is 5.00. The van der Waals surface area contributed by atoms with Crippen molar-refractivity contribution in [1.29, 1.82) is 0 Å². The summed E-state index contributed by atoms with van der Waals surface area (Å²) in [7, 11) is 0. The van der Waals surface area contributed by atoms with Gasteiger partial charge in [0.2, 0.25) is 0 Å². The summed E-state index contributed by atoms with van der Waals surface area (Å²) in [6.07, 6.45) is 0. The molecule has 0 heterocycles. The molecule has 1 heteroatoms. The molecule has 0 unspecified atom stereocenters. The second kappa shape index (κ2) is 13.9. The van der Waals surface area contributed by atoms with Crippen LogP contribution < -0.4 is 0 Å². The van der Waals surface area contributed by atoms with E-state index >= 15 is 0 Å². The van der Waals surface area contributed by atoms with Crippen LogP contribution in [0.1, 0.15) is 0 Å². The molecule has 0 aromatic heterocycles. The van der Waals surface area contributed by atoms with Crippen molar-refractivity contribution in [3.05, 3.63) is 75.5 Å². The predicted molar refractivity (Wildman–Crippen MR) is 56.9 cm³/mol. The van der Waals surface area contributed by atoms with E-state index < -0.39 is 0 Å². The fraction of sp³-hybridized carbons (Fsp3) is 0. The van der Waals surface area contributed by atoms with Crippen molar-refractivity contribution in [3.8, 4) is 0 Å². The maximum absolute atomic E-state index is 2.00. The molecule has 0 atom stereocenters. The minimum atomic E-state index is 0. The first-order valence-corrected chi connectivity index (χ1v) is 3.33. The Morgan fingerprint density at radius 3 is 1.08 bits per heavy atom. The van der Waals surface area contributed by atoms with E-state index in [9.17, 15) is 0 Å². The van der Waals surface area contributed by atoms with Crippen LogP contribution in [0.3, 0.4) is 0 Å². The van der Waals surface area contributed by atoms with Crippen molar-refractivity contribution < 1.29 is 21.1 Å². The van der Waals surface area contributed by atoms with Crippen molar-refractivity contribution in [3.63, 3.8) is 0 Å². The second-order valence-corrected chi connectivity index (χ2v) is 1.92. The van der Waals surface area contributed by atoms with Crippen molar-refractivity contribution in [2.75, 3.05) is 0 Å². The van der Waals surface area contributed by atoms with Crippen LogP contribution in [0.5, 0.6) is 0 Å². The zero-order valence-corrected chi connectivity index (χ0v) is 11.1. The fourth-order valence-corrected chi connectivity index (χ4v) is 0.642. The molecule has 0 saturated heterocycles. The van der Waals surface area contributed by atoms with E-state index in [2.05, 4.69) is 0 Å². The normalized spacial score (nSPS) is 6.15. The third-order valence-electron chi connectivity index (χ3n) is 1.11. The standard InChI is InChI=1S/2C5H5.2CH3.W/c2*1-2-4-5-3-1;;;/h2*1-5H;2*1H3;/q-5;3*-1;. The van der Waals surface area contributed by atoms with Crippen LogP contribution in [0.2, 0.25) is 0 Å². The summed E-state index contributed by atoms with van der Waals surface area (Å²) in [6, 6.07) is 20.0. The summed E-state index contributed by atoms with van der Waals surface area (Å²) in [6.45, 7) is 0. The van der Waals surface area contributed by atoms with Crippen molar-refractivity contribution in [2.45, 2.75) is 0 Å². The molecule has 2 aromatic carbocycles. The molecule has 78 valence electrons. The summed E-state index contributed by atoms with van der Waals surface area (Å²) in [4.78, 5) is 0. The smallest absolute Gasteiger partial charge is 0 e. The third-order valence-corrected chi connectivity index (χ3v) is 1.11. The van der Waals surface area contributed by atoms with E-state index in [0.29, 0.717) is 0 Å². The largest absolute Gasteiger partial charge is 0.748 e. The Hall–Kier alpha value is -0.612. The number of hydrogen-bond acceptors (Lipinski definition) is 0. The van der Waals surface area contributed by atoms with E-state index in [1.165, 1.54) is 0 Å². The van der Waals surface area contributed by atoms with Gasteiger partial charge in [-0.2, -0.15) is 18.2 Å². The predicted octanol–water partition coefficient (Wildman–Crippen LogP) is 3.71. The Balaban J connectivity index is -0.000000125. The van der Waals surface area contributed by atoms with Gasteiger partial charge < -0.3 is 45.2 Å². The average molecular weight is 344 g/mol. The Morgan fingerprint density at radius 1 is 0.615 bits per heavy atom. The van der Waals surface area contributed by atoms with Gasteiger partial charge in [-0.25, -0.2) is 12.1 Å². The summed E-state index contributed by atoms with van der Waals surface area (Å²) in [5.41, 5.74) is 0. The zero-order chi connectivity index (χ0) is 7.07. The van der Waals surface area contributed by atoms with Crippen molar-refractivity contribution >= 4 is 0 Å². The second-order valence-electron chi connectivity index (χ2n) is 1.92. The Kier molecular flexibility index (Phi) is 19.6. The average Bonchev–Trinajstić information content (AvgIpc) is 2.67. The molecule has 2 aromatic rings. The van der Waals surface area contributed by atoms with Gasteiger partial charge in [0.05, 0.1) is 0 Å². The van der Waals surface area contributed by atoms with Gasteiger partial charge in [0, 0.05) is 21.1 Å². The first kappa shape index (κ1) is 18.2. The van der Waals surface area contributed by atoms with Gasteiger partial charge in [0.1, 0.15) is 0 Å². The summed E-state index contributed by atoms with van der Waals surface area (Å²) < 4.78 is 0. The molecular formula is C12H16W-8. The Labute approximate surface area is 96.6 Å². The molecule has 0 bridgehead atoms. The van der Waals surface area contributed by atoms with E-state index in [0.717, 1.165) is 0 Å². The number of rotatable bonds is 0.